The Balaban J connectivity index is 1.75. The summed E-state index contributed by atoms with van der Waals surface area (Å²) in [7, 11) is 0. The van der Waals surface area contributed by atoms with E-state index in [9.17, 15) is 4.79 Å². The van der Waals surface area contributed by atoms with Gasteiger partial charge < -0.3 is 15.3 Å². The number of nitrogens with one attached hydrogen (secondary N) is 1. The number of carbonyl (C=O) groups is 1. The van der Waals surface area contributed by atoms with E-state index in [2.05, 4.69) is 10.5 Å². The normalized spacial score (nSPS) is 19.1. The van der Waals surface area contributed by atoms with Crippen molar-refractivity contribution in [1.29, 1.82) is 0 Å². The molecule has 1 heterocycles. The fourth-order valence-corrected chi connectivity index (χ4v) is 2.04. The van der Waals surface area contributed by atoms with Gasteiger partial charge in [-0.15, -0.1) is 0 Å². The highest BCUT2D eigenvalue weighted by atomic mass is 16.6. The first-order valence-electron chi connectivity index (χ1n) is 6.90. The number of hydrogen-bond acceptors (Lipinski definition) is 4. The van der Waals surface area contributed by atoms with E-state index in [1.165, 1.54) is 0 Å². The Morgan fingerprint density at radius 3 is 2.95 bits per heavy atom. The van der Waals surface area contributed by atoms with Gasteiger partial charge in [-0.3, -0.25) is 4.79 Å². The number of amides is 1. The Morgan fingerprint density at radius 1 is 1.50 bits per heavy atom. The van der Waals surface area contributed by atoms with Crippen LogP contribution < -0.4 is 5.32 Å². The maximum Gasteiger partial charge on any atom is 0.264 e. The molecule has 0 saturated carbocycles. The lowest BCUT2D eigenvalue weighted by atomic mass is 10.0. The highest BCUT2D eigenvalue weighted by molar-refractivity contribution is 6.04. The SMILES string of the molecule is CC(O)CCCNC(=O)C1CC(c2ccccc2)=NO1. The summed E-state index contributed by atoms with van der Waals surface area (Å²) in [4.78, 5) is 17.1. The van der Waals surface area contributed by atoms with E-state index < -0.39 is 6.10 Å². The summed E-state index contributed by atoms with van der Waals surface area (Å²) in [5, 5.41) is 15.9. The summed E-state index contributed by atoms with van der Waals surface area (Å²) < 4.78 is 0. The molecule has 0 aliphatic carbocycles. The van der Waals surface area contributed by atoms with Crippen molar-refractivity contribution in [2.45, 2.75) is 38.4 Å². The molecule has 2 N–H and O–H groups in total. The molecule has 20 heavy (non-hydrogen) atoms. The van der Waals surface area contributed by atoms with Crippen molar-refractivity contribution >= 4 is 11.6 Å². The molecule has 0 radical (unpaired) electrons. The molecule has 0 spiro atoms. The number of nitrogens with zero attached hydrogens (tertiary/aromatic N) is 1. The number of oxime groups is 1. The molecule has 2 rings (SSSR count). The van der Waals surface area contributed by atoms with Crippen LogP contribution in [0.3, 0.4) is 0 Å². The highest BCUT2D eigenvalue weighted by Gasteiger charge is 2.28. The van der Waals surface area contributed by atoms with Crippen molar-refractivity contribution in [2.75, 3.05) is 6.54 Å². The van der Waals surface area contributed by atoms with Crippen LogP contribution in [0.2, 0.25) is 0 Å². The molecule has 1 aliphatic heterocycles. The van der Waals surface area contributed by atoms with Gasteiger partial charge in [0.25, 0.3) is 5.91 Å². The summed E-state index contributed by atoms with van der Waals surface area (Å²) >= 11 is 0. The van der Waals surface area contributed by atoms with Crippen LogP contribution in [0.4, 0.5) is 0 Å². The minimum absolute atomic E-state index is 0.148. The zero-order valence-corrected chi connectivity index (χ0v) is 11.6. The first-order chi connectivity index (χ1) is 9.66. The van der Waals surface area contributed by atoms with Crippen molar-refractivity contribution in [3.8, 4) is 0 Å². The van der Waals surface area contributed by atoms with Crippen LogP contribution in [0.15, 0.2) is 35.5 Å². The summed E-state index contributed by atoms with van der Waals surface area (Å²) in [5.74, 6) is -0.148. The van der Waals surface area contributed by atoms with Gasteiger partial charge in [0.2, 0.25) is 6.10 Å². The molecule has 5 heteroatoms. The fraction of sp³-hybridized carbons (Fsp3) is 0.467. The Bertz CT molecular complexity index is 471. The van der Waals surface area contributed by atoms with Crippen molar-refractivity contribution in [2.24, 2.45) is 5.16 Å². The number of aliphatic hydroxyl groups excluding tert-OH is 1. The topological polar surface area (TPSA) is 70.9 Å². The highest BCUT2D eigenvalue weighted by Crippen LogP contribution is 2.16. The molecule has 1 amide bonds. The van der Waals surface area contributed by atoms with Crippen LogP contribution in [0.5, 0.6) is 0 Å². The maximum absolute atomic E-state index is 11.9. The van der Waals surface area contributed by atoms with E-state index in [1.807, 2.05) is 30.3 Å². The van der Waals surface area contributed by atoms with Crippen LogP contribution in [-0.4, -0.2) is 35.5 Å². The first kappa shape index (κ1) is 14.5. The van der Waals surface area contributed by atoms with Gasteiger partial charge in [0.05, 0.1) is 11.8 Å². The minimum Gasteiger partial charge on any atom is -0.393 e. The van der Waals surface area contributed by atoms with Gasteiger partial charge in [-0.05, 0) is 25.3 Å². The number of rotatable bonds is 6. The smallest absolute Gasteiger partial charge is 0.264 e. The second-order valence-electron chi connectivity index (χ2n) is 4.98. The largest absolute Gasteiger partial charge is 0.393 e. The molecule has 0 fully saturated rings. The molecule has 5 nitrogen and oxygen atoms in total. The van der Waals surface area contributed by atoms with E-state index in [4.69, 9.17) is 9.94 Å². The predicted octanol–water partition coefficient (Wildman–Crippen LogP) is 1.46. The lowest BCUT2D eigenvalue weighted by Gasteiger charge is -2.10. The summed E-state index contributed by atoms with van der Waals surface area (Å²) in [6.45, 7) is 2.28. The maximum atomic E-state index is 11.9. The fourth-order valence-electron chi connectivity index (χ4n) is 2.04. The van der Waals surface area contributed by atoms with Gasteiger partial charge in [-0.2, -0.15) is 0 Å². The third-order valence-electron chi connectivity index (χ3n) is 3.17. The van der Waals surface area contributed by atoms with Crippen LogP contribution in [0, 0.1) is 0 Å². The van der Waals surface area contributed by atoms with Crippen molar-refractivity contribution in [1.82, 2.24) is 5.32 Å². The third-order valence-corrected chi connectivity index (χ3v) is 3.17. The van der Waals surface area contributed by atoms with E-state index in [-0.39, 0.29) is 12.0 Å². The molecule has 1 aromatic rings. The zero-order valence-electron chi connectivity index (χ0n) is 11.6. The van der Waals surface area contributed by atoms with Crippen LogP contribution in [-0.2, 0) is 9.63 Å². The van der Waals surface area contributed by atoms with E-state index in [1.54, 1.807) is 6.92 Å². The van der Waals surface area contributed by atoms with Gasteiger partial charge in [0, 0.05) is 13.0 Å². The first-order valence-corrected chi connectivity index (χ1v) is 6.90. The molecular formula is C15H20N2O3. The molecule has 0 saturated heterocycles. The lowest BCUT2D eigenvalue weighted by molar-refractivity contribution is -0.131. The summed E-state index contributed by atoms with van der Waals surface area (Å²) in [6, 6.07) is 9.70. The van der Waals surface area contributed by atoms with Gasteiger partial charge in [-0.25, -0.2) is 0 Å². The minimum atomic E-state index is -0.545. The average molecular weight is 276 g/mol. The molecular weight excluding hydrogens is 256 g/mol. The quantitative estimate of drug-likeness (QED) is 0.773. The second kappa shape index (κ2) is 7.05. The third kappa shape index (κ3) is 4.06. The molecule has 2 unspecified atom stereocenters. The summed E-state index contributed by atoms with van der Waals surface area (Å²) in [6.07, 6.45) is 1.05. The molecule has 0 bridgehead atoms. The Kier molecular flexibility index (Phi) is 5.12. The van der Waals surface area contributed by atoms with Crippen LogP contribution in [0.1, 0.15) is 31.7 Å². The Morgan fingerprint density at radius 2 is 2.25 bits per heavy atom. The number of aliphatic hydroxyl groups is 1. The monoisotopic (exact) mass is 276 g/mol. The van der Waals surface area contributed by atoms with E-state index in [0.29, 0.717) is 19.4 Å². The number of benzene rings is 1. The standard InChI is InChI=1S/C15H20N2O3/c1-11(18)6-5-9-16-15(19)14-10-13(17-20-14)12-7-3-2-4-8-12/h2-4,7-8,11,14,18H,5-6,9-10H2,1H3,(H,16,19). The average Bonchev–Trinajstić information content (AvgIpc) is 2.94. The lowest BCUT2D eigenvalue weighted by Crippen LogP contribution is -2.35. The van der Waals surface area contributed by atoms with Gasteiger partial charge >= 0.3 is 0 Å². The van der Waals surface area contributed by atoms with Crippen LogP contribution >= 0.6 is 0 Å². The van der Waals surface area contributed by atoms with Crippen molar-refractivity contribution < 1.29 is 14.7 Å². The Hall–Kier alpha value is -1.88. The number of hydrogen-bond donors (Lipinski definition) is 2. The predicted molar refractivity (Wildman–Crippen MR) is 76.4 cm³/mol. The van der Waals surface area contributed by atoms with Crippen molar-refractivity contribution in [3.05, 3.63) is 35.9 Å². The van der Waals surface area contributed by atoms with Gasteiger partial charge in [0.1, 0.15) is 0 Å². The van der Waals surface area contributed by atoms with E-state index >= 15 is 0 Å². The molecule has 1 aromatic carbocycles. The zero-order chi connectivity index (χ0) is 14.4. The molecule has 1 aliphatic rings. The molecule has 2 atom stereocenters. The Labute approximate surface area is 118 Å². The van der Waals surface area contributed by atoms with Crippen molar-refractivity contribution in [3.63, 3.8) is 0 Å². The number of carbonyl (C=O) groups excluding carboxylic acids is 1. The molecule has 0 aromatic heterocycles. The van der Waals surface area contributed by atoms with Gasteiger partial charge in [0.15, 0.2) is 0 Å². The second-order valence-corrected chi connectivity index (χ2v) is 4.98. The summed E-state index contributed by atoms with van der Waals surface area (Å²) in [5.41, 5.74) is 1.78. The van der Waals surface area contributed by atoms with E-state index in [0.717, 1.165) is 17.7 Å². The van der Waals surface area contributed by atoms with Gasteiger partial charge in [-0.1, -0.05) is 35.5 Å². The van der Waals surface area contributed by atoms with Crippen LogP contribution in [0.25, 0.3) is 0 Å². The molecule has 108 valence electrons.